The summed E-state index contributed by atoms with van der Waals surface area (Å²) in [7, 11) is 0. The number of fused-ring (bicyclic) bond motifs is 1. The molecule has 0 radical (unpaired) electrons. The summed E-state index contributed by atoms with van der Waals surface area (Å²) >= 11 is 0. The molecule has 4 N–H and O–H groups in total. The highest BCUT2D eigenvalue weighted by Gasteiger charge is 2.40. The summed E-state index contributed by atoms with van der Waals surface area (Å²) in [6.07, 6.45) is 3.41. The van der Waals surface area contributed by atoms with Gasteiger partial charge in [0.2, 0.25) is 11.8 Å². The Morgan fingerprint density at radius 2 is 1.91 bits per heavy atom. The van der Waals surface area contributed by atoms with Crippen LogP contribution in [0.4, 0.5) is 0 Å². The van der Waals surface area contributed by atoms with Crippen molar-refractivity contribution in [1.29, 1.82) is 0 Å². The minimum atomic E-state index is -0.540. The Morgan fingerprint density at radius 3 is 2.59 bits per heavy atom. The molecule has 1 aliphatic carbocycles. The van der Waals surface area contributed by atoms with Crippen molar-refractivity contribution in [2.75, 3.05) is 6.54 Å². The predicted molar refractivity (Wildman–Crippen MR) is 83.6 cm³/mol. The van der Waals surface area contributed by atoms with Crippen molar-refractivity contribution in [3.8, 4) is 0 Å². The van der Waals surface area contributed by atoms with Crippen LogP contribution in [0.25, 0.3) is 0 Å². The van der Waals surface area contributed by atoms with Gasteiger partial charge in [-0.1, -0.05) is 30.7 Å². The summed E-state index contributed by atoms with van der Waals surface area (Å²) in [6, 6.07) is 7.40. The van der Waals surface area contributed by atoms with Crippen LogP contribution in [-0.2, 0) is 22.6 Å². The molecular weight excluding hydrogens is 278 g/mol. The Bertz CT molecular complexity index is 587. The second kappa shape index (κ2) is 6.08. The van der Waals surface area contributed by atoms with Gasteiger partial charge in [-0.3, -0.25) is 9.59 Å². The van der Waals surface area contributed by atoms with E-state index in [1.165, 1.54) is 0 Å². The summed E-state index contributed by atoms with van der Waals surface area (Å²) in [5, 5.41) is 0. The van der Waals surface area contributed by atoms with Gasteiger partial charge in [0.1, 0.15) is 6.04 Å². The van der Waals surface area contributed by atoms with Crippen molar-refractivity contribution in [3.05, 3.63) is 35.4 Å². The second-order valence-electron chi connectivity index (χ2n) is 6.39. The lowest BCUT2D eigenvalue weighted by molar-refractivity contribution is -0.145. The molecule has 1 heterocycles. The molecule has 1 aliphatic heterocycles. The number of rotatable bonds is 3. The lowest BCUT2D eigenvalue weighted by Gasteiger charge is -2.37. The number of carbonyl (C=O) groups is 2. The maximum absolute atomic E-state index is 13.0. The quantitative estimate of drug-likeness (QED) is 0.865. The lowest BCUT2D eigenvalue weighted by atomic mass is 9.89. The molecule has 22 heavy (non-hydrogen) atoms. The number of benzene rings is 1. The molecule has 2 amide bonds. The van der Waals surface area contributed by atoms with Crippen LogP contribution < -0.4 is 11.5 Å². The Kier molecular flexibility index (Phi) is 4.16. The van der Waals surface area contributed by atoms with E-state index in [9.17, 15) is 9.59 Å². The number of amides is 2. The van der Waals surface area contributed by atoms with E-state index < -0.39 is 11.9 Å². The Morgan fingerprint density at radius 1 is 1.18 bits per heavy atom. The summed E-state index contributed by atoms with van der Waals surface area (Å²) in [4.78, 5) is 26.5. The first-order valence-electron chi connectivity index (χ1n) is 7.98. The molecule has 5 nitrogen and oxygen atoms in total. The molecular formula is C17H23N3O2. The minimum Gasteiger partial charge on any atom is -0.368 e. The Hall–Kier alpha value is -1.88. The summed E-state index contributed by atoms with van der Waals surface area (Å²) in [6.45, 7) is 0.998. The van der Waals surface area contributed by atoms with Crippen LogP contribution in [0.2, 0.25) is 0 Å². The van der Waals surface area contributed by atoms with Gasteiger partial charge in [0.25, 0.3) is 0 Å². The third-order valence-corrected chi connectivity index (χ3v) is 5.14. The van der Waals surface area contributed by atoms with E-state index in [1.807, 2.05) is 24.3 Å². The van der Waals surface area contributed by atoms with Crippen molar-refractivity contribution >= 4 is 11.8 Å². The van der Waals surface area contributed by atoms with E-state index in [-0.39, 0.29) is 17.7 Å². The molecule has 0 aromatic heterocycles. The van der Waals surface area contributed by atoms with Gasteiger partial charge >= 0.3 is 0 Å². The average molecular weight is 301 g/mol. The molecule has 2 aliphatic rings. The van der Waals surface area contributed by atoms with Crippen LogP contribution in [0.15, 0.2) is 24.3 Å². The summed E-state index contributed by atoms with van der Waals surface area (Å²) in [5.74, 6) is -0.202. The molecule has 0 saturated heterocycles. The van der Waals surface area contributed by atoms with Gasteiger partial charge in [-0.05, 0) is 36.4 Å². The van der Waals surface area contributed by atoms with Gasteiger partial charge < -0.3 is 16.4 Å². The molecule has 0 spiro atoms. The van der Waals surface area contributed by atoms with Crippen LogP contribution in [-0.4, -0.2) is 29.3 Å². The van der Waals surface area contributed by atoms with Crippen molar-refractivity contribution in [2.45, 2.75) is 38.3 Å². The zero-order chi connectivity index (χ0) is 15.7. The zero-order valence-electron chi connectivity index (χ0n) is 12.7. The third-order valence-electron chi connectivity index (χ3n) is 5.14. The van der Waals surface area contributed by atoms with E-state index >= 15 is 0 Å². The van der Waals surface area contributed by atoms with E-state index in [0.717, 1.165) is 30.4 Å². The first-order valence-corrected chi connectivity index (χ1v) is 7.98. The number of hydrogen-bond acceptors (Lipinski definition) is 3. The first kappa shape index (κ1) is 15.0. The van der Waals surface area contributed by atoms with Gasteiger partial charge in [0, 0.05) is 18.9 Å². The molecule has 1 fully saturated rings. The number of nitrogens with zero attached hydrogens (tertiary/aromatic N) is 1. The summed E-state index contributed by atoms with van der Waals surface area (Å²) < 4.78 is 0. The van der Waals surface area contributed by atoms with E-state index in [1.54, 1.807) is 4.90 Å². The van der Waals surface area contributed by atoms with Crippen LogP contribution in [0.3, 0.4) is 0 Å². The van der Waals surface area contributed by atoms with Crippen LogP contribution in [0.5, 0.6) is 0 Å². The van der Waals surface area contributed by atoms with E-state index in [2.05, 4.69) is 0 Å². The normalized spacial score (nSPS) is 27.5. The molecule has 3 rings (SSSR count). The number of primary amides is 1. The van der Waals surface area contributed by atoms with Crippen LogP contribution in [0.1, 0.15) is 30.4 Å². The Labute approximate surface area is 130 Å². The molecule has 1 aromatic rings. The number of hydrogen-bond donors (Lipinski definition) is 2. The van der Waals surface area contributed by atoms with Crippen molar-refractivity contribution in [2.24, 2.45) is 23.3 Å². The summed E-state index contributed by atoms with van der Waals surface area (Å²) in [5.41, 5.74) is 13.6. The molecule has 0 bridgehead atoms. The molecule has 5 heteroatoms. The Balaban J connectivity index is 1.87. The maximum atomic E-state index is 13.0. The third kappa shape index (κ3) is 2.61. The SMILES string of the molecule is NC[C@H]1CCC[C@H]1C(=O)N1Cc2ccccc2CC1C(N)=O. The molecule has 1 saturated carbocycles. The van der Waals surface area contributed by atoms with Crippen molar-refractivity contribution in [3.63, 3.8) is 0 Å². The van der Waals surface area contributed by atoms with E-state index in [4.69, 9.17) is 11.5 Å². The average Bonchev–Trinajstić information content (AvgIpc) is 3.01. The van der Waals surface area contributed by atoms with Gasteiger partial charge in [0.05, 0.1) is 0 Å². The van der Waals surface area contributed by atoms with Crippen molar-refractivity contribution < 1.29 is 9.59 Å². The lowest BCUT2D eigenvalue weighted by Crippen LogP contribution is -2.53. The monoisotopic (exact) mass is 301 g/mol. The molecule has 3 atom stereocenters. The van der Waals surface area contributed by atoms with Gasteiger partial charge in [-0.15, -0.1) is 0 Å². The van der Waals surface area contributed by atoms with Crippen LogP contribution >= 0.6 is 0 Å². The topological polar surface area (TPSA) is 89.4 Å². The largest absolute Gasteiger partial charge is 0.368 e. The van der Waals surface area contributed by atoms with Gasteiger partial charge in [-0.25, -0.2) is 0 Å². The smallest absolute Gasteiger partial charge is 0.240 e. The van der Waals surface area contributed by atoms with Gasteiger partial charge in [-0.2, -0.15) is 0 Å². The molecule has 1 aromatic carbocycles. The highest BCUT2D eigenvalue weighted by atomic mass is 16.2. The second-order valence-corrected chi connectivity index (χ2v) is 6.39. The number of carbonyl (C=O) groups excluding carboxylic acids is 2. The van der Waals surface area contributed by atoms with Gasteiger partial charge in [0.15, 0.2) is 0 Å². The highest BCUT2D eigenvalue weighted by molar-refractivity contribution is 5.88. The fourth-order valence-corrected chi connectivity index (χ4v) is 3.87. The molecule has 118 valence electrons. The maximum Gasteiger partial charge on any atom is 0.240 e. The fraction of sp³-hybridized carbons (Fsp3) is 0.529. The first-order chi connectivity index (χ1) is 10.6. The molecule has 1 unspecified atom stereocenters. The zero-order valence-corrected chi connectivity index (χ0v) is 12.7. The predicted octanol–water partition coefficient (Wildman–Crippen LogP) is 0.800. The fourth-order valence-electron chi connectivity index (χ4n) is 3.87. The minimum absolute atomic E-state index is 0.0475. The van der Waals surface area contributed by atoms with E-state index in [0.29, 0.717) is 19.5 Å². The van der Waals surface area contributed by atoms with Crippen molar-refractivity contribution in [1.82, 2.24) is 4.90 Å². The standard InChI is InChI=1S/C17H23N3O2/c18-9-12-6-3-7-14(12)17(22)20-10-13-5-2-1-4-11(13)8-15(20)16(19)21/h1-2,4-5,12,14-15H,3,6-10,18H2,(H2,19,21)/t12-,14-,15?/m1/s1. The number of nitrogens with two attached hydrogens (primary N) is 2. The van der Waals surface area contributed by atoms with Crippen LogP contribution in [0, 0.1) is 11.8 Å². The highest BCUT2D eigenvalue weighted by Crippen LogP contribution is 2.34.